The summed E-state index contributed by atoms with van der Waals surface area (Å²) in [5.74, 6) is 1.29. The summed E-state index contributed by atoms with van der Waals surface area (Å²) < 4.78 is 5.10. The van der Waals surface area contributed by atoms with E-state index in [0.29, 0.717) is 6.04 Å². The topological polar surface area (TPSA) is 21.3 Å². The average Bonchev–Trinajstić information content (AvgIpc) is 2.00. The van der Waals surface area contributed by atoms with Gasteiger partial charge in [-0.15, -0.1) is 0 Å². The Kier molecular flexibility index (Phi) is 5.04. The highest BCUT2D eigenvalue weighted by atomic mass is 32.2. The van der Waals surface area contributed by atoms with Crippen LogP contribution in [0, 0.1) is 0 Å². The number of ether oxygens (including phenoxy) is 1. The Bertz CT molecular complexity index is 110. The van der Waals surface area contributed by atoms with Crippen LogP contribution in [0.2, 0.25) is 0 Å². The van der Waals surface area contributed by atoms with Crippen molar-refractivity contribution in [1.29, 1.82) is 0 Å². The summed E-state index contributed by atoms with van der Waals surface area (Å²) in [7, 11) is 2.03. The zero-order valence-corrected chi connectivity index (χ0v) is 8.82. The molecule has 1 heterocycles. The fourth-order valence-electron chi connectivity index (χ4n) is 1.09. The van der Waals surface area contributed by atoms with E-state index in [-0.39, 0.29) is 0 Å². The van der Waals surface area contributed by atoms with E-state index in [9.17, 15) is 0 Å². The van der Waals surface area contributed by atoms with Gasteiger partial charge in [-0.1, -0.05) is 0 Å². The van der Waals surface area contributed by atoms with E-state index >= 15 is 0 Å². The standard InChI is InChI=1S/C9H19NOS/c1-8(10-2)4-3-5-12-9-6-11-7-9/h8-10H,3-7H2,1-2H3. The molecule has 1 saturated heterocycles. The third kappa shape index (κ3) is 3.78. The van der Waals surface area contributed by atoms with Crippen molar-refractivity contribution < 1.29 is 4.74 Å². The van der Waals surface area contributed by atoms with Crippen LogP contribution in [0.25, 0.3) is 0 Å². The molecular weight excluding hydrogens is 170 g/mol. The molecule has 1 aliphatic rings. The van der Waals surface area contributed by atoms with Crippen LogP contribution < -0.4 is 5.32 Å². The highest BCUT2D eigenvalue weighted by Crippen LogP contribution is 2.20. The lowest BCUT2D eigenvalue weighted by molar-refractivity contribution is 0.0455. The molecule has 0 aromatic carbocycles. The van der Waals surface area contributed by atoms with Crippen molar-refractivity contribution in [3.05, 3.63) is 0 Å². The molecule has 0 aromatic rings. The Morgan fingerprint density at radius 1 is 1.58 bits per heavy atom. The van der Waals surface area contributed by atoms with Gasteiger partial charge in [-0.2, -0.15) is 11.8 Å². The van der Waals surface area contributed by atoms with Gasteiger partial charge in [0.1, 0.15) is 0 Å². The molecule has 0 aliphatic carbocycles. The third-order valence-electron chi connectivity index (χ3n) is 2.24. The van der Waals surface area contributed by atoms with Crippen molar-refractivity contribution in [2.24, 2.45) is 0 Å². The molecule has 0 bridgehead atoms. The number of hydrogen-bond donors (Lipinski definition) is 1. The second-order valence-electron chi connectivity index (χ2n) is 3.36. The minimum atomic E-state index is 0.670. The molecule has 2 nitrogen and oxygen atoms in total. The molecule has 1 unspecified atom stereocenters. The highest BCUT2D eigenvalue weighted by molar-refractivity contribution is 8.00. The maximum Gasteiger partial charge on any atom is 0.0607 e. The minimum absolute atomic E-state index is 0.670. The lowest BCUT2D eigenvalue weighted by atomic mass is 10.2. The molecule has 0 saturated carbocycles. The van der Waals surface area contributed by atoms with Crippen LogP contribution in [-0.2, 0) is 4.74 Å². The van der Waals surface area contributed by atoms with E-state index < -0.39 is 0 Å². The number of nitrogens with one attached hydrogen (secondary N) is 1. The van der Waals surface area contributed by atoms with Crippen LogP contribution in [-0.4, -0.2) is 37.3 Å². The molecule has 12 heavy (non-hydrogen) atoms. The SMILES string of the molecule is CNC(C)CCCSC1COC1. The summed E-state index contributed by atoms with van der Waals surface area (Å²) in [6.45, 7) is 4.19. The quantitative estimate of drug-likeness (QED) is 0.640. The fraction of sp³-hybridized carbons (Fsp3) is 1.00. The Labute approximate surface area is 79.4 Å². The molecule has 0 spiro atoms. The summed E-state index contributed by atoms with van der Waals surface area (Å²) in [4.78, 5) is 0. The van der Waals surface area contributed by atoms with Crippen molar-refractivity contribution in [3.63, 3.8) is 0 Å². The Morgan fingerprint density at radius 3 is 2.83 bits per heavy atom. The molecule has 1 N–H and O–H groups in total. The Balaban J connectivity index is 1.82. The predicted molar refractivity (Wildman–Crippen MR) is 54.8 cm³/mol. The van der Waals surface area contributed by atoms with Gasteiger partial charge in [0, 0.05) is 6.04 Å². The van der Waals surface area contributed by atoms with Crippen LogP contribution in [0.4, 0.5) is 0 Å². The maximum atomic E-state index is 5.10. The smallest absolute Gasteiger partial charge is 0.0607 e. The van der Waals surface area contributed by atoms with Gasteiger partial charge in [0.05, 0.1) is 18.5 Å². The number of hydrogen-bond acceptors (Lipinski definition) is 3. The van der Waals surface area contributed by atoms with Crippen LogP contribution in [0.1, 0.15) is 19.8 Å². The first-order valence-electron chi connectivity index (χ1n) is 4.69. The Hall–Kier alpha value is 0.270. The van der Waals surface area contributed by atoms with E-state index in [1.165, 1.54) is 18.6 Å². The molecule has 3 heteroatoms. The molecule has 1 atom stereocenters. The summed E-state index contributed by atoms with van der Waals surface area (Å²) in [5, 5.41) is 4.05. The summed E-state index contributed by atoms with van der Waals surface area (Å²) in [6, 6.07) is 0.670. The van der Waals surface area contributed by atoms with Crippen LogP contribution >= 0.6 is 11.8 Å². The average molecular weight is 189 g/mol. The molecular formula is C9H19NOS. The second kappa shape index (κ2) is 5.84. The van der Waals surface area contributed by atoms with Gasteiger partial charge in [0.25, 0.3) is 0 Å². The van der Waals surface area contributed by atoms with Crippen LogP contribution in [0.15, 0.2) is 0 Å². The van der Waals surface area contributed by atoms with E-state index in [2.05, 4.69) is 24.0 Å². The van der Waals surface area contributed by atoms with Crippen molar-refractivity contribution in [1.82, 2.24) is 5.32 Å². The number of rotatable bonds is 6. The molecule has 0 amide bonds. The monoisotopic (exact) mass is 189 g/mol. The van der Waals surface area contributed by atoms with Gasteiger partial charge in [-0.3, -0.25) is 0 Å². The first-order valence-corrected chi connectivity index (χ1v) is 5.74. The molecule has 72 valence electrons. The maximum absolute atomic E-state index is 5.10. The van der Waals surface area contributed by atoms with Crippen molar-refractivity contribution in [2.45, 2.75) is 31.1 Å². The normalized spacial score (nSPS) is 20.5. The van der Waals surface area contributed by atoms with Gasteiger partial charge in [-0.05, 0) is 32.6 Å². The van der Waals surface area contributed by atoms with E-state index in [1.54, 1.807) is 0 Å². The van der Waals surface area contributed by atoms with E-state index in [0.717, 1.165) is 18.5 Å². The van der Waals surface area contributed by atoms with Gasteiger partial charge in [-0.25, -0.2) is 0 Å². The van der Waals surface area contributed by atoms with Gasteiger partial charge in [0.2, 0.25) is 0 Å². The van der Waals surface area contributed by atoms with Crippen LogP contribution in [0.5, 0.6) is 0 Å². The fourth-order valence-corrected chi connectivity index (χ4v) is 2.15. The predicted octanol–water partition coefficient (Wildman–Crippen LogP) is 1.51. The van der Waals surface area contributed by atoms with Crippen molar-refractivity contribution >= 4 is 11.8 Å². The van der Waals surface area contributed by atoms with Crippen molar-refractivity contribution in [3.8, 4) is 0 Å². The molecule has 1 aliphatic heterocycles. The minimum Gasteiger partial charge on any atom is -0.379 e. The van der Waals surface area contributed by atoms with Gasteiger partial charge < -0.3 is 10.1 Å². The van der Waals surface area contributed by atoms with Gasteiger partial charge in [0.15, 0.2) is 0 Å². The number of thioether (sulfide) groups is 1. The second-order valence-corrected chi connectivity index (χ2v) is 4.77. The molecule has 1 rings (SSSR count). The first kappa shape index (κ1) is 10.4. The molecule has 1 fully saturated rings. The highest BCUT2D eigenvalue weighted by Gasteiger charge is 2.17. The zero-order chi connectivity index (χ0) is 8.81. The van der Waals surface area contributed by atoms with Crippen molar-refractivity contribution in [2.75, 3.05) is 26.0 Å². The molecule has 0 aromatic heterocycles. The van der Waals surface area contributed by atoms with E-state index in [4.69, 9.17) is 4.74 Å². The third-order valence-corrected chi connectivity index (χ3v) is 3.50. The Morgan fingerprint density at radius 2 is 2.33 bits per heavy atom. The van der Waals surface area contributed by atoms with Gasteiger partial charge >= 0.3 is 0 Å². The summed E-state index contributed by atoms with van der Waals surface area (Å²) >= 11 is 2.06. The lowest BCUT2D eigenvalue weighted by Crippen LogP contribution is -2.30. The lowest BCUT2D eigenvalue weighted by Gasteiger charge is -2.25. The van der Waals surface area contributed by atoms with Crippen LogP contribution in [0.3, 0.4) is 0 Å². The summed E-state index contributed by atoms with van der Waals surface area (Å²) in [6.07, 6.45) is 2.61. The van der Waals surface area contributed by atoms with E-state index in [1.807, 2.05) is 7.05 Å². The summed E-state index contributed by atoms with van der Waals surface area (Å²) in [5.41, 5.74) is 0. The first-order chi connectivity index (χ1) is 5.83. The zero-order valence-electron chi connectivity index (χ0n) is 8.01. The molecule has 0 radical (unpaired) electrons. The largest absolute Gasteiger partial charge is 0.379 e.